The van der Waals surface area contributed by atoms with Crippen molar-refractivity contribution in [2.24, 2.45) is 0 Å². The number of hydrogen-bond acceptors (Lipinski definition) is 4. The summed E-state index contributed by atoms with van der Waals surface area (Å²) in [6.07, 6.45) is 3.18. The van der Waals surface area contributed by atoms with Crippen molar-refractivity contribution < 1.29 is 30.7 Å². The minimum absolute atomic E-state index is 0. The molecule has 0 spiro atoms. The van der Waals surface area contributed by atoms with Gasteiger partial charge in [-0.05, 0) is 24.3 Å². The van der Waals surface area contributed by atoms with Gasteiger partial charge in [-0.1, -0.05) is 23.3 Å². The molecule has 0 atom stereocenters. The number of fused-ring (bicyclic) bond motifs is 3. The molecule has 150 valence electrons. The van der Waals surface area contributed by atoms with Crippen LogP contribution in [0.5, 0.6) is 0 Å². The molecule has 0 aliphatic carbocycles. The van der Waals surface area contributed by atoms with E-state index in [1.807, 2.05) is 24.3 Å². The van der Waals surface area contributed by atoms with Crippen LogP contribution < -0.4 is 0 Å². The molecule has 0 saturated heterocycles. The van der Waals surface area contributed by atoms with Crippen LogP contribution in [0.15, 0.2) is 85.2 Å². The molecular weight excluding hydrogens is 567 g/mol. The maximum Gasteiger partial charge on any atom is 2.00 e. The molecule has 2 heterocycles. The number of nitrogens with zero attached hydrogens (tertiary/aromatic N) is 2. The topological polar surface area (TPSA) is 59.9 Å². The molecule has 0 aliphatic heterocycles. The normalized spacial score (nSPS) is 10.6. The molecule has 5 heteroatoms. The van der Waals surface area contributed by atoms with E-state index in [2.05, 4.69) is 22.1 Å². The Hall–Kier alpha value is -3.49. The van der Waals surface area contributed by atoms with Crippen molar-refractivity contribution in [3.63, 3.8) is 0 Å². The van der Waals surface area contributed by atoms with Crippen LogP contribution in [0.25, 0.3) is 21.5 Å². The Morgan fingerprint density at radius 3 is 1.39 bits per heavy atom. The number of hydrogen-bond donors (Lipinski definition) is 0. The molecule has 31 heavy (non-hydrogen) atoms. The molecule has 0 amide bonds. The van der Waals surface area contributed by atoms with Gasteiger partial charge in [0.05, 0.1) is 11.4 Å². The molecule has 0 saturated carbocycles. The van der Waals surface area contributed by atoms with E-state index >= 15 is 0 Å². The van der Waals surface area contributed by atoms with Crippen LogP contribution in [0.2, 0.25) is 0 Å². The fourth-order valence-electron chi connectivity index (χ4n) is 3.42. The van der Waals surface area contributed by atoms with Gasteiger partial charge in [0, 0.05) is 12.4 Å². The van der Waals surface area contributed by atoms with E-state index in [1.54, 1.807) is 60.9 Å². The molecule has 3 aromatic carbocycles. The Kier molecular flexibility index (Phi) is 5.83. The first-order chi connectivity index (χ1) is 14.7. The first-order valence-electron chi connectivity index (χ1n) is 9.43. The summed E-state index contributed by atoms with van der Waals surface area (Å²) in [4.78, 5) is 33.9. The van der Waals surface area contributed by atoms with Gasteiger partial charge in [-0.15, -0.1) is 47.2 Å². The number of rotatable bonds is 4. The number of pyridine rings is 2. The number of carbonyl (C=O) groups excluding carboxylic acids is 2. The Morgan fingerprint density at radius 1 is 0.581 bits per heavy atom. The standard InChI is InChI=1S/C26H14N2O2.Pt/c29-25(23-5-1-3-13-27-23)19-11-9-17-7-8-18-10-12-20(16-22(18)21(17)15-19)26(30)24-6-2-4-14-28-24;/h1-14H;/q-2;+2. The van der Waals surface area contributed by atoms with Gasteiger partial charge in [0.25, 0.3) is 0 Å². The molecule has 0 N–H and O–H groups in total. The minimum Gasteiger partial charge on any atom is -0.333 e. The van der Waals surface area contributed by atoms with E-state index in [1.165, 1.54) is 0 Å². The van der Waals surface area contributed by atoms with Crippen LogP contribution in [0, 0.1) is 12.1 Å². The van der Waals surface area contributed by atoms with Gasteiger partial charge in [-0.3, -0.25) is 9.97 Å². The summed E-state index contributed by atoms with van der Waals surface area (Å²) >= 11 is 0. The molecule has 0 radical (unpaired) electrons. The van der Waals surface area contributed by atoms with Crippen molar-refractivity contribution in [3.8, 4) is 0 Å². The first-order valence-corrected chi connectivity index (χ1v) is 9.43. The van der Waals surface area contributed by atoms with E-state index < -0.39 is 0 Å². The molecule has 4 nitrogen and oxygen atoms in total. The number of ketones is 2. The van der Waals surface area contributed by atoms with E-state index in [9.17, 15) is 9.59 Å². The summed E-state index contributed by atoms with van der Waals surface area (Å²) in [5.41, 5.74) is 1.57. The zero-order chi connectivity index (χ0) is 20.5. The van der Waals surface area contributed by atoms with Crippen molar-refractivity contribution in [2.75, 3.05) is 0 Å². The number of carbonyl (C=O) groups is 2. The summed E-state index contributed by atoms with van der Waals surface area (Å²) < 4.78 is 0. The number of benzene rings is 3. The molecule has 5 aromatic rings. The second-order valence-electron chi connectivity index (χ2n) is 6.83. The largest absolute Gasteiger partial charge is 2.00 e. The second kappa shape index (κ2) is 8.71. The van der Waals surface area contributed by atoms with Crippen LogP contribution in [0.4, 0.5) is 0 Å². The molecule has 0 unspecified atom stereocenters. The molecule has 0 bridgehead atoms. The Bertz CT molecular complexity index is 1310. The van der Waals surface area contributed by atoms with Gasteiger partial charge in [0.2, 0.25) is 0 Å². The van der Waals surface area contributed by atoms with Crippen LogP contribution >= 0.6 is 0 Å². The zero-order valence-electron chi connectivity index (χ0n) is 16.1. The monoisotopic (exact) mass is 581 g/mol. The van der Waals surface area contributed by atoms with Crippen molar-refractivity contribution in [1.82, 2.24) is 9.97 Å². The summed E-state index contributed by atoms with van der Waals surface area (Å²) in [6.45, 7) is 0. The van der Waals surface area contributed by atoms with Crippen molar-refractivity contribution in [2.45, 2.75) is 0 Å². The Labute approximate surface area is 193 Å². The predicted octanol–water partition coefficient (Wildman–Crippen LogP) is 4.84. The summed E-state index contributed by atoms with van der Waals surface area (Å²) in [7, 11) is 0. The number of aromatic nitrogens is 2. The van der Waals surface area contributed by atoms with Gasteiger partial charge in [-0.25, -0.2) is 0 Å². The fraction of sp³-hybridized carbons (Fsp3) is 0. The van der Waals surface area contributed by atoms with Gasteiger partial charge in [0.15, 0.2) is 0 Å². The van der Waals surface area contributed by atoms with E-state index in [0.717, 1.165) is 21.5 Å². The SMILES string of the molecule is O=C(c1[c-]c2c(cc1)ccc1ccc(C(=O)c3ccccn3)[c-]c12)c1ccccn1.[Pt+2]. The van der Waals surface area contributed by atoms with E-state index in [-0.39, 0.29) is 32.6 Å². The molecule has 0 aliphatic rings. The first kappa shape index (κ1) is 20.8. The third kappa shape index (κ3) is 3.95. The average Bonchev–Trinajstić information content (AvgIpc) is 2.83. The van der Waals surface area contributed by atoms with Crippen LogP contribution in [-0.2, 0) is 21.1 Å². The fourth-order valence-corrected chi connectivity index (χ4v) is 3.42. The Balaban J connectivity index is 0.00000231. The minimum atomic E-state index is -0.199. The van der Waals surface area contributed by atoms with Crippen molar-refractivity contribution in [1.29, 1.82) is 0 Å². The second-order valence-corrected chi connectivity index (χ2v) is 6.83. The third-order valence-electron chi connectivity index (χ3n) is 4.93. The van der Waals surface area contributed by atoms with Crippen LogP contribution in [0.3, 0.4) is 0 Å². The molecule has 2 aromatic heterocycles. The Morgan fingerprint density at radius 2 is 1.00 bits per heavy atom. The van der Waals surface area contributed by atoms with E-state index in [0.29, 0.717) is 22.5 Å². The zero-order valence-corrected chi connectivity index (χ0v) is 18.4. The van der Waals surface area contributed by atoms with Gasteiger partial charge in [-0.2, -0.15) is 22.9 Å². The maximum atomic E-state index is 12.8. The average molecular weight is 581 g/mol. The summed E-state index contributed by atoms with van der Waals surface area (Å²) in [5.74, 6) is -0.398. The summed E-state index contributed by atoms with van der Waals surface area (Å²) in [5, 5.41) is 3.31. The van der Waals surface area contributed by atoms with Gasteiger partial charge < -0.3 is 9.59 Å². The summed E-state index contributed by atoms with van der Waals surface area (Å²) in [6, 6.07) is 28.1. The maximum absolute atomic E-state index is 12.8. The van der Waals surface area contributed by atoms with Crippen LogP contribution in [-0.4, -0.2) is 21.5 Å². The van der Waals surface area contributed by atoms with Crippen LogP contribution in [0.1, 0.15) is 32.1 Å². The smallest absolute Gasteiger partial charge is 0.333 e. The molecule has 0 fully saturated rings. The van der Waals surface area contributed by atoms with Crippen molar-refractivity contribution in [3.05, 3.63) is 120 Å². The third-order valence-corrected chi connectivity index (χ3v) is 4.93. The van der Waals surface area contributed by atoms with E-state index in [4.69, 9.17) is 0 Å². The van der Waals surface area contributed by atoms with Crippen molar-refractivity contribution >= 4 is 33.1 Å². The molecule has 5 rings (SSSR count). The van der Waals surface area contributed by atoms with Gasteiger partial charge >= 0.3 is 21.1 Å². The molecular formula is C26H14N2O2Pt. The predicted molar refractivity (Wildman–Crippen MR) is 114 cm³/mol. The van der Waals surface area contributed by atoms with Gasteiger partial charge in [0.1, 0.15) is 11.6 Å². The quantitative estimate of drug-likeness (QED) is 0.173.